The van der Waals surface area contributed by atoms with Crippen LogP contribution in [0.2, 0.25) is 0 Å². The highest BCUT2D eigenvalue weighted by atomic mass is 16.5. The number of hydrogen-bond donors (Lipinski definition) is 0. The summed E-state index contributed by atoms with van der Waals surface area (Å²) in [4.78, 5) is 21.4. The van der Waals surface area contributed by atoms with Gasteiger partial charge in [-0.15, -0.1) is 0 Å². The number of benzene rings is 2. The Hall–Kier alpha value is -2.66. The van der Waals surface area contributed by atoms with Crippen molar-refractivity contribution in [1.82, 2.24) is 9.80 Å². The van der Waals surface area contributed by atoms with Crippen LogP contribution in [0.1, 0.15) is 30.0 Å². The molecule has 4 rings (SSSR count). The highest BCUT2D eigenvalue weighted by Gasteiger charge is 2.24. The molecule has 5 heteroatoms. The van der Waals surface area contributed by atoms with Gasteiger partial charge in [-0.05, 0) is 24.1 Å². The van der Waals surface area contributed by atoms with Crippen molar-refractivity contribution in [2.24, 2.45) is 4.99 Å². The Bertz CT molecular complexity index is 870. The number of esters is 1. The summed E-state index contributed by atoms with van der Waals surface area (Å²) in [5, 5.41) is 0. The third kappa shape index (κ3) is 4.09. The lowest BCUT2D eigenvalue weighted by Gasteiger charge is -2.36. The molecule has 1 saturated heterocycles. The summed E-state index contributed by atoms with van der Waals surface area (Å²) in [6.45, 7) is 6.76. The Morgan fingerprint density at radius 1 is 1.00 bits per heavy atom. The first-order valence-electron chi connectivity index (χ1n) is 10.1. The summed E-state index contributed by atoms with van der Waals surface area (Å²) in [5.74, 6) is 0.967. The second-order valence-electron chi connectivity index (χ2n) is 7.28. The van der Waals surface area contributed by atoms with Crippen LogP contribution in [0.3, 0.4) is 0 Å². The molecule has 5 nitrogen and oxygen atoms in total. The van der Waals surface area contributed by atoms with Crippen molar-refractivity contribution in [3.8, 4) is 0 Å². The molecule has 0 spiro atoms. The Morgan fingerprint density at radius 2 is 1.71 bits per heavy atom. The Kier molecular flexibility index (Phi) is 5.72. The number of hydrogen-bond acceptors (Lipinski definition) is 5. The molecular formula is C23H27N3O2. The number of aliphatic imine (C=N–C) groups is 1. The molecule has 2 heterocycles. The average Bonchev–Trinajstić information content (AvgIpc) is 2.89. The standard InChI is InChI=1S/C23H27N3O2/c1-2-28-22(27)11-12-25-13-15-26(16-14-25)23-20-9-5-3-7-18(20)17-19-8-4-6-10-21(19)24-23/h3-10H,2,11-17H2,1H3. The maximum Gasteiger partial charge on any atom is 0.307 e. The zero-order valence-corrected chi connectivity index (χ0v) is 16.4. The minimum Gasteiger partial charge on any atom is -0.466 e. The number of piperazine rings is 1. The maximum atomic E-state index is 11.6. The van der Waals surface area contributed by atoms with E-state index < -0.39 is 0 Å². The molecule has 2 aliphatic heterocycles. The average molecular weight is 377 g/mol. The number of nitrogens with zero attached hydrogens (tertiary/aromatic N) is 3. The molecule has 0 radical (unpaired) electrons. The monoisotopic (exact) mass is 377 g/mol. The molecule has 0 bridgehead atoms. The molecule has 2 aromatic carbocycles. The van der Waals surface area contributed by atoms with Crippen molar-refractivity contribution in [2.75, 3.05) is 39.3 Å². The number of rotatable bonds is 4. The van der Waals surface area contributed by atoms with Crippen molar-refractivity contribution in [1.29, 1.82) is 0 Å². The van der Waals surface area contributed by atoms with E-state index in [1.807, 2.05) is 6.92 Å². The van der Waals surface area contributed by atoms with Crippen molar-refractivity contribution >= 4 is 17.5 Å². The predicted octanol–water partition coefficient (Wildman–Crippen LogP) is 3.24. The Morgan fingerprint density at radius 3 is 2.50 bits per heavy atom. The molecule has 1 fully saturated rings. The number of ether oxygens (including phenoxy) is 1. The van der Waals surface area contributed by atoms with Gasteiger partial charge in [-0.3, -0.25) is 9.69 Å². The van der Waals surface area contributed by atoms with Crippen LogP contribution in [0.15, 0.2) is 53.5 Å². The van der Waals surface area contributed by atoms with Gasteiger partial charge in [0.2, 0.25) is 0 Å². The highest BCUT2D eigenvalue weighted by Crippen LogP contribution is 2.29. The zero-order valence-electron chi connectivity index (χ0n) is 16.4. The second-order valence-corrected chi connectivity index (χ2v) is 7.28. The lowest BCUT2D eigenvalue weighted by molar-refractivity contribution is -0.143. The van der Waals surface area contributed by atoms with Gasteiger partial charge in [0.15, 0.2) is 0 Å². The van der Waals surface area contributed by atoms with Crippen LogP contribution >= 0.6 is 0 Å². The summed E-state index contributed by atoms with van der Waals surface area (Å²) in [7, 11) is 0. The normalized spacial score (nSPS) is 16.6. The zero-order chi connectivity index (χ0) is 19.3. The first kappa shape index (κ1) is 18.7. The topological polar surface area (TPSA) is 45.1 Å². The third-order valence-electron chi connectivity index (χ3n) is 5.47. The molecule has 0 aromatic heterocycles. The number of fused-ring (bicyclic) bond motifs is 2. The molecule has 2 aliphatic rings. The maximum absolute atomic E-state index is 11.6. The molecule has 146 valence electrons. The van der Waals surface area contributed by atoms with Crippen LogP contribution in [0.5, 0.6) is 0 Å². The fraction of sp³-hybridized carbons (Fsp3) is 0.391. The van der Waals surface area contributed by atoms with Crippen molar-refractivity contribution in [3.05, 3.63) is 65.2 Å². The minimum atomic E-state index is -0.108. The molecule has 0 saturated carbocycles. The van der Waals surface area contributed by atoms with Crippen molar-refractivity contribution in [3.63, 3.8) is 0 Å². The van der Waals surface area contributed by atoms with Gasteiger partial charge in [-0.2, -0.15) is 0 Å². The number of amidine groups is 1. The minimum absolute atomic E-state index is 0.108. The number of para-hydroxylation sites is 1. The van der Waals surface area contributed by atoms with Gasteiger partial charge in [0, 0.05) is 44.7 Å². The quantitative estimate of drug-likeness (QED) is 0.768. The first-order valence-corrected chi connectivity index (χ1v) is 10.1. The summed E-state index contributed by atoms with van der Waals surface area (Å²) in [6.07, 6.45) is 1.38. The lowest BCUT2D eigenvalue weighted by Crippen LogP contribution is -2.49. The van der Waals surface area contributed by atoms with E-state index in [-0.39, 0.29) is 5.97 Å². The van der Waals surface area contributed by atoms with Gasteiger partial charge in [-0.1, -0.05) is 42.5 Å². The van der Waals surface area contributed by atoms with Crippen LogP contribution in [0.4, 0.5) is 5.69 Å². The fourth-order valence-electron chi connectivity index (χ4n) is 3.95. The van der Waals surface area contributed by atoms with Crippen LogP contribution in [-0.4, -0.2) is 60.9 Å². The molecule has 2 aromatic rings. The first-order chi connectivity index (χ1) is 13.7. The third-order valence-corrected chi connectivity index (χ3v) is 5.47. The summed E-state index contributed by atoms with van der Waals surface area (Å²) >= 11 is 0. The van der Waals surface area contributed by atoms with Crippen LogP contribution < -0.4 is 0 Å². The van der Waals surface area contributed by atoms with Crippen LogP contribution in [0, 0.1) is 0 Å². The van der Waals surface area contributed by atoms with E-state index in [9.17, 15) is 4.79 Å². The fourth-order valence-corrected chi connectivity index (χ4v) is 3.95. The van der Waals surface area contributed by atoms with Crippen LogP contribution in [0.25, 0.3) is 0 Å². The largest absolute Gasteiger partial charge is 0.466 e. The Labute approximate surface area is 166 Å². The summed E-state index contributed by atoms with van der Waals surface area (Å²) < 4.78 is 5.04. The smallest absolute Gasteiger partial charge is 0.307 e. The molecular weight excluding hydrogens is 350 g/mol. The SMILES string of the molecule is CCOC(=O)CCN1CCN(C2=Nc3ccccc3Cc3ccccc32)CC1. The molecule has 0 aliphatic carbocycles. The van der Waals surface area contributed by atoms with E-state index in [2.05, 4.69) is 58.3 Å². The summed E-state index contributed by atoms with van der Waals surface area (Å²) in [6, 6.07) is 17.0. The predicted molar refractivity (Wildman–Crippen MR) is 111 cm³/mol. The van der Waals surface area contributed by atoms with Gasteiger partial charge < -0.3 is 9.64 Å². The van der Waals surface area contributed by atoms with E-state index in [1.54, 1.807) is 0 Å². The van der Waals surface area contributed by atoms with Crippen LogP contribution in [-0.2, 0) is 16.0 Å². The molecule has 0 amide bonds. The van der Waals surface area contributed by atoms with Gasteiger partial charge in [0.05, 0.1) is 18.7 Å². The molecule has 28 heavy (non-hydrogen) atoms. The number of carbonyl (C=O) groups is 1. The Balaban J connectivity index is 1.50. The second kappa shape index (κ2) is 8.57. The number of carbonyl (C=O) groups excluding carboxylic acids is 1. The van der Waals surface area contributed by atoms with Crippen molar-refractivity contribution < 1.29 is 9.53 Å². The highest BCUT2D eigenvalue weighted by molar-refractivity contribution is 6.02. The van der Waals surface area contributed by atoms with Gasteiger partial charge >= 0.3 is 5.97 Å². The van der Waals surface area contributed by atoms with Gasteiger partial charge in [0.1, 0.15) is 5.84 Å². The lowest BCUT2D eigenvalue weighted by atomic mass is 9.99. The molecule has 0 atom stereocenters. The van der Waals surface area contributed by atoms with Crippen molar-refractivity contribution in [2.45, 2.75) is 19.8 Å². The van der Waals surface area contributed by atoms with Gasteiger partial charge in [0.25, 0.3) is 0 Å². The molecule has 0 N–H and O–H groups in total. The van der Waals surface area contributed by atoms with E-state index in [0.29, 0.717) is 13.0 Å². The van der Waals surface area contributed by atoms with E-state index in [4.69, 9.17) is 9.73 Å². The van der Waals surface area contributed by atoms with Gasteiger partial charge in [-0.25, -0.2) is 4.99 Å². The summed E-state index contributed by atoms with van der Waals surface area (Å²) in [5.41, 5.74) is 4.91. The molecule has 0 unspecified atom stereocenters. The van der Waals surface area contributed by atoms with E-state index in [1.165, 1.54) is 16.7 Å². The van der Waals surface area contributed by atoms with E-state index >= 15 is 0 Å². The van der Waals surface area contributed by atoms with E-state index in [0.717, 1.165) is 50.7 Å².